The average molecular weight is 441 g/mol. The number of methoxy groups -OCH3 is 1. The Hall–Kier alpha value is -2.21. The summed E-state index contributed by atoms with van der Waals surface area (Å²) in [5, 5.41) is 3.30. The lowest BCUT2D eigenvalue weighted by Gasteiger charge is -2.34. The minimum Gasteiger partial charge on any atom is -0.493 e. The van der Waals surface area contributed by atoms with Crippen LogP contribution in [0.5, 0.6) is 11.5 Å². The molecule has 0 radical (unpaired) electrons. The Kier molecular flexibility index (Phi) is 6.31. The van der Waals surface area contributed by atoms with Crippen molar-refractivity contribution in [2.75, 3.05) is 7.11 Å². The van der Waals surface area contributed by atoms with Crippen molar-refractivity contribution < 1.29 is 19.1 Å². The summed E-state index contributed by atoms with van der Waals surface area (Å²) in [5.74, 6) is 2.07. The summed E-state index contributed by atoms with van der Waals surface area (Å²) in [6, 6.07) is 6.35. The Balaban J connectivity index is 1.22. The van der Waals surface area contributed by atoms with E-state index in [2.05, 4.69) is 29.0 Å². The predicted molar refractivity (Wildman–Crippen MR) is 123 cm³/mol. The molecule has 1 heterocycles. The lowest BCUT2D eigenvalue weighted by atomic mass is 9.81. The summed E-state index contributed by atoms with van der Waals surface area (Å²) in [6.45, 7) is 0. The molecule has 1 amide bonds. The lowest BCUT2D eigenvalue weighted by molar-refractivity contribution is -0.126. The maximum Gasteiger partial charge on any atom is 0.223 e. The second-order valence-corrected chi connectivity index (χ2v) is 9.98. The van der Waals surface area contributed by atoms with E-state index in [1.54, 1.807) is 7.11 Å². The fourth-order valence-electron chi connectivity index (χ4n) is 5.75. The molecule has 0 saturated heterocycles. The molecular weight excluding hydrogens is 404 g/mol. The highest BCUT2D eigenvalue weighted by molar-refractivity contribution is 5.79. The Labute approximate surface area is 191 Å². The van der Waals surface area contributed by atoms with Gasteiger partial charge >= 0.3 is 0 Å². The average Bonchev–Trinajstić information content (AvgIpc) is 3.58. The zero-order chi connectivity index (χ0) is 22.0. The van der Waals surface area contributed by atoms with Crippen molar-refractivity contribution in [3.05, 3.63) is 29.8 Å². The monoisotopic (exact) mass is 440 g/mol. The third kappa shape index (κ3) is 4.61. The second kappa shape index (κ2) is 9.34. The third-order valence-electron chi connectivity index (χ3n) is 7.75. The van der Waals surface area contributed by atoms with E-state index in [0.717, 1.165) is 74.1 Å². The van der Waals surface area contributed by atoms with Crippen molar-refractivity contribution in [3.8, 4) is 11.5 Å². The van der Waals surface area contributed by atoms with E-state index in [9.17, 15) is 4.79 Å². The Morgan fingerprint density at radius 1 is 1.03 bits per heavy atom. The van der Waals surface area contributed by atoms with Crippen LogP contribution in [0.3, 0.4) is 0 Å². The molecule has 0 bridgehead atoms. The number of ether oxygens (including phenoxy) is 2. The predicted octanol–water partition coefficient (Wildman–Crippen LogP) is 4.88. The van der Waals surface area contributed by atoms with Gasteiger partial charge in [-0.1, -0.05) is 12.8 Å². The van der Waals surface area contributed by atoms with E-state index >= 15 is 0 Å². The summed E-state index contributed by atoms with van der Waals surface area (Å²) in [6.07, 6.45) is 15.4. The van der Waals surface area contributed by atoms with Gasteiger partial charge in [-0.25, -0.2) is 0 Å². The van der Waals surface area contributed by atoms with E-state index in [-0.39, 0.29) is 29.6 Å². The number of amides is 1. The highest BCUT2D eigenvalue weighted by Gasteiger charge is 2.40. The van der Waals surface area contributed by atoms with Crippen molar-refractivity contribution in [1.82, 2.24) is 10.8 Å². The van der Waals surface area contributed by atoms with Crippen LogP contribution in [0.2, 0.25) is 0 Å². The molecule has 1 aromatic rings. The molecule has 6 heteroatoms. The largest absolute Gasteiger partial charge is 0.493 e. The molecule has 1 aliphatic heterocycles. The van der Waals surface area contributed by atoms with Gasteiger partial charge in [0.25, 0.3) is 0 Å². The standard InChI is InChI=1S/C26H36N2O4/c1-30-23-11-10-19(16-24(23)31-21-8-4-5-9-21)22-17-26(32-28-22)14-12-20(13-15-26)27-25(29)18-6-2-3-7-18/h10-11,16-18,20-21,28H,2-9,12-15H2,1H3,(H,27,29). The summed E-state index contributed by atoms with van der Waals surface area (Å²) in [4.78, 5) is 18.6. The molecule has 32 heavy (non-hydrogen) atoms. The number of benzene rings is 1. The number of hydrogen-bond acceptors (Lipinski definition) is 5. The molecule has 1 spiro atoms. The van der Waals surface area contributed by atoms with Gasteiger partial charge in [-0.3, -0.25) is 15.1 Å². The van der Waals surface area contributed by atoms with E-state index in [1.807, 2.05) is 6.07 Å². The zero-order valence-electron chi connectivity index (χ0n) is 19.2. The van der Waals surface area contributed by atoms with Gasteiger partial charge in [-0.15, -0.1) is 0 Å². The van der Waals surface area contributed by atoms with E-state index in [1.165, 1.54) is 25.7 Å². The molecule has 3 aliphatic carbocycles. The van der Waals surface area contributed by atoms with Crippen LogP contribution in [0.4, 0.5) is 0 Å². The molecule has 0 unspecified atom stereocenters. The molecule has 4 aliphatic rings. The number of nitrogens with one attached hydrogen (secondary N) is 2. The second-order valence-electron chi connectivity index (χ2n) is 9.98. The molecule has 6 nitrogen and oxygen atoms in total. The van der Waals surface area contributed by atoms with Crippen LogP contribution in [-0.4, -0.2) is 30.8 Å². The van der Waals surface area contributed by atoms with Crippen LogP contribution in [0, 0.1) is 5.92 Å². The van der Waals surface area contributed by atoms with Crippen LogP contribution in [0.25, 0.3) is 5.70 Å². The molecule has 3 fully saturated rings. The molecule has 2 N–H and O–H groups in total. The maximum atomic E-state index is 12.5. The highest BCUT2D eigenvalue weighted by atomic mass is 16.7. The quantitative estimate of drug-likeness (QED) is 0.660. The zero-order valence-corrected chi connectivity index (χ0v) is 19.2. The molecule has 0 aromatic heterocycles. The van der Waals surface area contributed by atoms with E-state index in [4.69, 9.17) is 14.3 Å². The summed E-state index contributed by atoms with van der Waals surface area (Å²) in [5.41, 5.74) is 4.91. The van der Waals surface area contributed by atoms with Gasteiger partial charge in [-0.2, -0.15) is 0 Å². The first-order chi connectivity index (χ1) is 15.6. The molecular formula is C26H36N2O4. The minimum absolute atomic E-state index is 0.234. The third-order valence-corrected chi connectivity index (χ3v) is 7.75. The van der Waals surface area contributed by atoms with Crippen molar-refractivity contribution in [2.45, 2.75) is 94.8 Å². The normalized spacial score (nSPS) is 28.5. The maximum absolute atomic E-state index is 12.5. The smallest absolute Gasteiger partial charge is 0.223 e. The fourth-order valence-corrected chi connectivity index (χ4v) is 5.75. The first-order valence-electron chi connectivity index (χ1n) is 12.5. The minimum atomic E-state index is -0.295. The van der Waals surface area contributed by atoms with Crippen molar-refractivity contribution in [1.29, 1.82) is 0 Å². The first-order valence-corrected chi connectivity index (χ1v) is 12.5. The van der Waals surface area contributed by atoms with Crippen LogP contribution in [-0.2, 0) is 9.63 Å². The molecule has 1 aromatic carbocycles. The van der Waals surface area contributed by atoms with Gasteiger partial charge in [0, 0.05) is 17.5 Å². The number of rotatable bonds is 6. The number of hydroxylamine groups is 1. The number of carbonyl (C=O) groups is 1. The first kappa shape index (κ1) is 21.6. The van der Waals surface area contributed by atoms with Crippen LogP contribution >= 0.6 is 0 Å². The van der Waals surface area contributed by atoms with Crippen LogP contribution in [0.1, 0.15) is 82.6 Å². The topological polar surface area (TPSA) is 68.8 Å². The van der Waals surface area contributed by atoms with Gasteiger partial charge in [0.1, 0.15) is 5.60 Å². The number of carbonyl (C=O) groups excluding carboxylic acids is 1. The number of hydrogen-bond donors (Lipinski definition) is 2. The van der Waals surface area contributed by atoms with Crippen LogP contribution in [0.15, 0.2) is 24.3 Å². The van der Waals surface area contributed by atoms with Gasteiger partial charge in [0.2, 0.25) is 5.91 Å². The van der Waals surface area contributed by atoms with E-state index in [0.29, 0.717) is 0 Å². The van der Waals surface area contributed by atoms with Crippen molar-refractivity contribution in [3.63, 3.8) is 0 Å². The lowest BCUT2D eigenvalue weighted by Crippen LogP contribution is -2.45. The van der Waals surface area contributed by atoms with Gasteiger partial charge < -0.3 is 14.8 Å². The Morgan fingerprint density at radius 3 is 2.47 bits per heavy atom. The van der Waals surface area contributed by atoms with Crippen molar-refractivity contribution >= 4 is 11.6 Å². The van der Waals surface area contributed by atoms with E-state index < -0.39 is 0 Å². The van der Waals surface area contributed by atoms with Gasteiger partial charge in [0.05, 0.1) is 18.9 Å². The molecule has 0 atom stereocenters. The van der Waals surface area contributed by atoms with Crippen LogP contribution < -0.4 is 20.3 Å². The summed E-state index contributed by atoms with van der Waals surface area (Å²) < 4.78 is 11.8. The van der Waals surface area contributed by atoms with Gasteiger partial charge in [-0.05, 0) is 88.5 Å². The Morgan fingerprint density at radius 2 is 1.75 bits per heavy atom. The van der Waals surface area contributed by atoms with Gasteiger partial charge in [0.15, 0.2) is 11.5 Å². The molecule has 5 rings (SSSR count). The fraction of sp³-hybridized carbons (Fsp3) is 0.654. The van der Waals surface area contributed by atoms with Crippen molar-refractivity contribution in [2.24, 2.45) is 5.92 Å². The highest BCUT2D eigenvalue weighted by Crippen LogP contribution is 2.40. The molecule has 174 valence electrons. The Bertz CT molecular complexity index is 847. The summed E-state index contributed by atoms with van der Waals surface area (Å²) >= 11 is 0. The SMILES string of the molecule is COc1ccc(C2=CC3(CCC(NC(=O)C4CCCC4)CC3)ON2)cc1OC1CCCC1. The molecule has 3 saturated carbocycles. The summed E-state index contributed by atoms with van der Waals surface area (Å²) in [7, 11) is 1.69.